The van der Waals surface area contributed by atoms with Gasteiger partial charge in [-0.05, 0) is 60.1 Å². The molecule has 1 saturated carbocycles. The Morgan fingerprint density at radius 3 is 2.02 bits per heavy atom. The molecule has 0 spiro atoms. The Kier molecular flexibility index (Phi) is 12.8. The number of pyridine rings is 1. The maximum Gasteiger partial charge on any atom is 0.311 e. The summed E-state index contributed by atoms with van der Waals surface area (Å²) in [6.45, 7) is 2.27. The smallest absolute Gasteiger partial charge is 0.311 e. The normalized spacial score (nSPS) is 13.5. The molecule has 1 aliphatic carbocycles. The number of hydrogen-bond acceptors (Lipinski definition) is 3. The van der Waals surface area contributed by atoms with Gasteiger partial charge in [-0.15, -0.1) is 0 Å². The molecule has 1 heterocycles. The molecule has 40 heavy (non-hydrogen) atoms. The zero-order valence-corrected chi connectivity index (χ0v) is 24.7. The zero-order chi connectivity index (χ0) is 27.8. The van der Waals surface area contributed by atoms with E-state index in [4.69, 9.17) is 9.72 Å². The SMILES string of the molecule is CCCCCCCCCc1ccc(-c2ccc(-c3ccc(OC(=O)CCCCCC4CCCC4)cc3)cc2)nc1. The number of rotatable bonds is 17. The number of aryl methyl sites for hydroxylation is 1. The summed E-state index contributed by atoms with van der Waals surface area (Å²) in [6.07, 6.45) is 23.3. The van der Waals surface area contributed by atoms with Gasteiger partial charge >= 0.3 is 5.97 Å². The van der Waals surface area contributed by atoms with E-state index in [9.17, 15) is 4.79 Å². The maximum absolute atomic E-state index is 12.3. The number of unbranched alkanes of at least 4 members (excludes halogenated alkanes) is 8. The molecule has 0 amide bonds. The third kappa shape index (κ3) is 10.2. The summed E-state index contributed by atoms with van der Waals surface area (Å²) in [7, 11) is 0. The Hall–Kier alpha value is -2.94. The highest BCUT2D eigenvalue weighted by molar-refractivity contribution is 5.73. The number of aromatic nitrogens is 1. The van der Waals surface area contributed by atoms with Crippen LogP contribution < -0.4 is 4.74 Å². The molecule has 0 radical (unpaired) electrons. The Labute approximate surface area is 242 Å². The standard InChI is InChI=1S/C37H49NO2/c1-2-3-4-5-6-7-9-17-31-19-28-36(38-29-31)34-22-20-32(21-23-34)33-24-26-35(27-25-33)40-37(39)18-11-8-10-14-30-15-12-13-16-30/h19-30H,2-18H2,1H3. The lowest BCUT2D eigenvalue weighted by Gasteiger charge is -2.09. The minimum absolute atomic E-state index is 0.126. The summed E-state index contributed by atoms with van der Waals surface area (Å²) in [4.78, 5) is 17.0. The Bertz CT molecular complexity index is 1110. The van der Waals surface area contributed by atoms with Crippen molar-refractivity contribution in [2.24, 2.45) is 5.92 Å². The fraction of sp³-hybridized carbons (Fsp3) is 0.514. The van der Waals surface area contributed by atoms with Gasteiger partial charge in [0.1, 0.15) is 5.75 Å². The van der Waals surface area contributed by atoms with Gasteiger partial charge < -0.3 is 4.74 Å². The summed E-state index contributed by atoms with van der Waals surface area (Å²) in [6, 6.07) is 20.7. The van der Waals surface area contributed by atoms with Crippen LogP contribution in [0, 0.1) is 5.92 Å². The maximum atomic E-state index is 12.3. The number of ether oxygens (including phenoxy) is 1. The van der Waals surface area contributed by atoms with E-state index in [2.05, 4.69) is 43.3 Å². The van der Waals surface area contributed by atoms with Gasteiger partial charge in [-0.3, -0.25) is 9.78 Å². The lowest BCUT2D eigenvalue weighted by Crippen LogP contribution is -2.07. The van der Waals surface area contributed by atoms with Crippen LogP contribution in [0.25, 0.3) is 22.4 Å². The molecule has 3 nitrogen and oxygen atoms in total. The molecule has 1 aromatic heterocycles. The number of hydrogen-bond donors (Lipinski definition) is 0. The summed E-state index contributed by atoms with van der Waals surface area (Å²) in [5, 5.41) is 0. The van der Waals surface area contributed by atoms with E-state index in [-0.39, 0.29) is 5.97 Å². The first-order valence-corrected chi connectivity index (χ1v) is 16.1. The van der Waals surface area contributed by atoms with Crippen LogP contribution in [-0.4, -0.2) is 11.0 Å². The Morgan fingerprint density at radius 1 is 0.725 bits per heavy atom. The highest BCUT2D eigenvalue weighted by Crippen LogP contribution is 2.29. The van der Waals surface area contributed by atoms with Crippen molar-refractivity contribution in [3.05, 3.63) is 72.4 Å². The topological polar surface area (TPSA) is 39.2 Å². The number of nitrogens with zero attached hydrogens (tertiary/aromatic N) is 1. The van der Waals surface area contributed by atoms with Gasteiger partial charge in [0.05, 0.1) is 5.69 Å². The number of benzene rings is 2. The van der Waals surface area contributed by atoms with Crippen molar-refractivity contribution in [3.8, 4) is 28.1 Å². The molecule has 1 fully saturated rings. The van der Waals surface area contributed by atoms with E-state index in [1.54, 1.807) is 0 Å². The molecule has 0 unspecified atom stereocenters. The second-order valence-corrected chi connectivity index (χ2v) is 11.7. The molecule has 0 N–H and O–H groups in total. The molecule has 0 atom stereocenters. The van der Waals surface area contributed by atoms with Crippen molar-refractivity contribution >= 4 is 5.97 Å². The van der Waals surface area contributed by atoms with Gasteiger partial charge in [0.25, 0.3) is 0 Å². The van der Waals surface area contributed by atoms with Gasteiger partial charge in [-0.2, -0.15) is 0 Å². The van der Waals surface area contributed by atoms with Gasteiger partial charge in [-0.1, -0.05) is 133 Å². The van der Waals surface area contributed by atoms with E-state index < -0.39 is 0 Å². The van der Waals surface area contributed by atoms with Crippen LogP contribution >= 0.6 is 0 Å². The molecule has 4 rings (SSSR count). The molecule has 3 aromatic rings. The average Bonchev–Trinajstić information content (AvgIpc) is 3.51. The van der Waals surface area contributed by atoms with Crippen molar-refractivity contribution in [1.82, 2.24) is 4.98 Å². The van der Waals surface area contributed by atoms with Crippen molar-refractivity contribution in [1.29, 1.82) is 0 Å². The number of esters is 1. The predicted octanol–water partition coefficient (Wildman–Crippen LogP) is 10.8. The predicted molar refractivity (Wildman–Crippen MR) is 167 cm³/mol. The number of carbonyl (C=O) groups excluding carboxylic acids is 1. The molecule has 1 aliphatic rings. The number of carbonyl (C=O) groups is 1. The van der Waals surface area contributed by atoms with E-state index in [1.807, 2.05) is 30.5 Å². The fourth-order valence-corrected chi connectivity index (χ4v) is 5.94. The average molecular weight is 540 g/mol. The van der Waals surface area contributed by atoms with Gasteiger partial charge in [0, 0.05) is 18.2 Å². The molecular formula is C37H49NO2. The van der Waals surface area contributed by atoms with Gasteiger partial charge in [0.15, 0.2) is 0 Å². The summed E-state index contributed by atoms with van der Waals surface area (Å²) in [5.41, 5.74) is 5.71. The van der Waals surface area contributed by atoms with E-state index in [0.29, 0.717) is 12.2 Å². The molecule has 0 saturated heterocycles. The van der Waals surface area contributed by atoms with Gasteiger partial charge in [0.2, 0.25) is 0 Å². The first kappa shape index (κ1) is 30.0. The second kappa shape index (κ2) is 17.0. The summed E-state index contributed by atoms with van der Waals surface area (Å²) >= 11 is 0. The third-order valence-electron chi connectivity index (χ3n) is 8.46. The minimum Gasteiger partial charge on any atom is -0.427 e. The molecular weight excluding hydrogens is 490 g/mol. The van der Waals surface area contributed by atoms with E-state index in [1.165, 1.54) is 89.0 Å². The summed E-state index contributed by atoms with van der Waals surface area (Å²) < 4.78 is 5.58. The Morgan fingerprint density at radius 2 is 1.35 bits per heavy atom. The largest absolute Gasteiger partial charge is 0.427 e. The first-order chi connectivity index (χ1) is 19.7. The molecule has 0 aliphatic heterocycles. The zero-order valence-electron chi connectivity index (χ0n) is 24.7. The van der Waals surface area contributed by atoms with Gasteiger partial charge in [-0.25, -0.2) is 0 Å². The van der Waals surface area contributed by atoms with Crippen molar-refractivity contribution in [2.75, 3.05) is 0 Å². The monoisotopic (exact) mass is 539 g/mol. The van der Waals surface area contributed by atoms with Crippen LogP contribution in [-0.2, 0) is 11.2 Å². The fourth-order valence-electron chi connectivity index (χ4n) is 5.94. The van der Waals surface area contributed by atoms with Crippen LogP contribution in [0.5, 0.6) is 5.75 Å². The van der Waals surface area contributed by atoms with Crippen LogP contribution in [0.1, 0.15) is 115 Å². The highest BCUT2D eigenvalue weighted by Gasteiger charge is 2.14. The van der Waals surface area contributed by atoms with E-state index in [0.717, 1.165) is 47.6 Å². The van der Waals surface area contributed by atoms with Crippen LogP contribution in [0.2, 0.25) is 0 Å². The summed E-state index contributed by atoms with van der Waals surface area (Å²) in [5.74, 6) is 1.44. The quantitative estimate of drug-likeness (QED) is 0.0972. The Balaban J connectivity index is 1.17. The van der Waals surface area contributed by atoms with Crippen LogP contribution in [0.3, 0.4) is 0 Å². The minimum atomic E-state index is -0.126. The van der Waals surface area contributed by atoms with Crippen molar-refractivity contribution < 1.29 is 9.53 Å². The molecule has 3 heteroatoms. The lowest BCUT2D eigenvalue weighted by molar-refractivity contribution is -0.134. The second-order valence-electron chi connectivity index (χ2n) is 11.7. The van der Waals surface area contributed by atoms with Crippen LogP contribution in [0.15, 0.2) is 66.9 Å². The molecule has 0 bridgehead atoms. The molecule has 2 aromatic carbocycles. The highest BCUT2D eigenvalue weighted by atomic mass is 16.5. The van der Waals surface area contributed by atoms with Crippen molar-refractivity contribution in [3.63, 3.8) is 0 Å². The lowest BCUT2D eigenvalue weighted by atomic mass is 9.99. The van der Waals surface area contributed by atoms with Crippen molar-refractivity contribution in [2.45, 2.75) is 116 Å². The van der Waals surface area contributed by atoms with Crippen LogP contribution in [0.4, 0.5) is 0 Å². The third-order valence-corrected chi connectivity index (χ3v) is 8.46. The van der Waals surface area contributed by atoms with E-state index >= 15 is 0 Å². The first-order valence-electron chi connectivity index (χ1n) is 16.1. The molecule has 214 valence electrons.